The van der Waals surface area contributed by atoms with E-state index in [9.17, 15) is 4.79 Å². The fourth-order valence-corrected chi connectivity index (χ4v) is 1.65. The lowest BCUT2D eigenvalue weighted by molar-refractivity contribution is -0.114. The Balaban J connectivity index is 2.72. The van der Waals surface area contributed by atoms with Crippen LogP contribution in [-0.2, 0) is 11.2 Å². The summed E-state index contributed by atoms with van der Waals surface area (Å²) in [6.07, 6.45) is 4.58. The minimum absolute atomic E-state index is 0.0471. The zero-order valence-corrected chi connectivity index (χ0v) is 10.3. The Morgan fingerprint density at radius 3 is 2.76 bits per heavy atom. The molecule has 1 rings (SSSR count). The van der Waals surface area contributed by atoms with Gasteiger partial charge < -0.3 is 5.32 Å². The maximum Gasteiger partial charge on any atom is 0.221 e. The van der Waals surface area contributed by atoms with Crippen molar-refractivity contribution >= 4 is 11.6 Å². The molecule has 0 radical (unpaired) electrons. The molecule has 0 heterocycles. The molecule has 17 heavy (non-hydrogen) atoms. The minimum Gasteiger partial charge on any atom is -0.326 e. The van der Waals surface area contributed by atoms with Crippen LogP contribution in [0.5, 0.6) is 0 Å². The molecule has 2 heteroatoms. The molecule has 0 spiro atoms. The molecule has 0 aliphatic heterocycles. The van der Waals surface area contributed by atoms with Gasteiger partial charge in [-0.2, -0.15) is 0 Å². The normalized spacial score (nSPS) is 9.71. The SMILES string of the molecule is C=CCCC(=C)Cc1ccccc1NC(C)=O. The number of carbonyl (C=O) groups is 1. The van der Waals surface area contributed by atoms with Crippen LogP contribution < -0.4 is 5.32 Å². The molecular weight excluding hydrogens is 210 g/mol. The number of para-hydroxylation sites is 1. The van der Waals surface area contributed by atoms with Crippen LogP contribution in [0.1, 0.15) is 25.3 Å². The van der Waals surface area contributed by atoms with Gasteiger partial charge in [0.2, 0.25) is 5.91 Å². The largest absolute Gasteiger partial charge is 0.326 e. The number of allylic oxidation sites excluding steroid dienone is 2. The van der Waals surface area contributed by atoms with Crippen LogP contribution in [0.4, 0.5) is 5.69 Å². The quantitative estimate of drug-likeness (QED) is 0.740. The molecule has 1 aromatic rings. The van der Waals surface area contributed by atoms with E-state index in [0.29, 0.717) is 0 Å². The average Bonchev–Trinajstić information content (AvgIpc) is 2.28. The molecular formula is C15H19NO. The smallest absolute Gasteiger partial charge is 0.221 e. The molecule has 0 saturated heterocycles. The van der Waals surface area contributed by atoms with Crippen LogP contribution >= 0.6 is 0 Å². The summed E-state index contributed by atoms with van der Waals surface area (Å²) in [5, 5.41) is 2.83. The van der Waals surface area contributed by atoms with E-state index in [-0.39, 0.29) is 5.91 Å². The Morgan fingerprint density at radius 2 is 2.12 bits per heavy atom. The van der Waals surface area contributed by atoms with Gasteiger partial charge in [0.05, 0.1) is 0 Å². The highest BCUT2D eigenvalue weighted by atomic mass is 16.1. The molecule has 1 amide bonds. The van der Waals surface area contributed by atoms with Crippen molar-refractivity contribution in [2.45, 2.75) is 26.2 Å². The lowest BCUT2D eigenvalue weighted by Gasteiger charge is -2.10. The molecule has 0 bridgehead atoms. The number of benzene rings is 1. The topological polar surface area (TPSA) is 29.1 Å². The van der Waals surface area contributed by atoms with E-state index in [4.69, 9.17) is 0 Å². The van der Waals surface area contributed by atoms with E-state index in [1.807, 2.05) is 30.3 Å². The van der Waals surface area contributed by atoms with Gasteiger partial charge in [-0.3, -0.25) is 4.79 Å². The molecule has 90 valence electrons. The zero-order valence-electron chi connectivity index (χ0n) is 10.3. The summed E-state index contributed by atoms with van der Waals surface area (Å²) >= 11 is 0. The number of rotatable bonds is 6. The van der Waals surface area contributed by atoms with Crippen LogP contribution in [0.15, 0.2) is 49.1 Å². The Morgan fingerprint density at radius 1 is 1.41 bits per heavy atom. The van der Waals surface area contributed by atoms with E-state index in [1.165, 1.54) is 6.92 Å². The summed E-state index contributed by atoms with van der Waals surface area (Å²) < 4.78 is 0. The molecule has 2 nitrogen and oxygen atoms in total. The molecule has 1 N–H and O–H groups in total. The molecule has 0 atom stereocenters. The Bertz CT molecular complexity index is 421. The first kappa shape index (κ1) is 13.2. The van der Waals surface area contributed by atoms with E-state index in [2.05, 4.69) is 18.5 Å². The summed E-state index contributed by atoms with van der Waals surface area (Å²) in [6.45, 7) is 9.26. The fourth-order valence-electron chi connectivity index (χ4n) is 1.65. The number of nitrogens with one attached hydrogen (secondary N) is 1. The third-order valence-corrected chi connectivity index (χ3v) is 2.47. The van der Waals surface area contributed by atoms with E-state index in [1.54, 1.807) is 0 Å². The highest BCUT2D eigenvalue weighted by molar-refractivity contribution is 5.89. The Kier molecular flexibility index (Phi) is 5.21. The van der Waals surface area contributed by atoms with Crippen LogP contribution in [0, 0.1) is 0 Å². The fraction of sp³-hybridized carbons (Fsp3) is 0.267. The number of amides is 1. The molecule has 0 saturated carbocycles. The van der Waals surface area contributed by atoms with Crippen LogP contribution in [0.2, 0.25) is 0 Å². The zero-order chi connectivity index (χ0) is 12.7. The molecule has 0 aliphatic rings. The van der Waals surface area contributed by atoms with Crippen LogP contribution in [0.25, 0.3) is 0 Å². The van der Waals surface area contributed by atoms with Gasteiger partial charge in [0.25, 0.3) is 0 Å². The molecule has 0 aromatic heterocycles. The highest BCUT2D eigenvalue weighted by Gasteiger charge is 2.04. The summed E-state index contributed by atoms with van der Waals surface area (Å²) in [4.78, 5) is 11.1. The van der Waals surface area contributed by atoms with Gasteiger partial charge in [-0.15, -0.1) is 6.58 Å². The van der Waals surface area contributed by atoms with E-state index >= 15 is 0 Å². The molecule has 1 aromatic carbocycles. The third kappa shape index (κ3) is 4.68. The first-order chi connectivity index (χ1) is 8.13. The minimum atomic E-state index is -0.0471. The number of hydrogen-bond acceptors (Lipinski definition) is 1. The lowest BCUT2D eigenvalue weighted by atomic mass is 10.0. The van der Waals surface area contributed by atoms with Gasteiger partial charge in [0, 0.05) is 12.6 Å². The van der Waals surface area contributed by atoms with Gasteiger partial charge in [-0.25, -0.2) is 0 Å². The van der Waals surface area contributed by atoms with Gasteiger partial charge in [0.1, 0.15) is 0 Å². The maximum atomic E-state index is 11.1. The van der Waals surface area contributed by atoms with Crippen LogP contribution in [-0.4, -0.2) is 5.91 Å². The number of hydrogen-bond donors (Lipinski definition) is 1. The van der Waals surface area contributed by atoms with E-state index in [0.717, 1.165) is 36.1 Å². The number of carbonyl (C=O) groups excluding carboxylic acids is 1. The van der Waals surface area contributed by atoms with Crippen LogP contribution in [0.3, 0.4) is 0 Å². The first-order valence-electron chi connectivity index (χ1n) is 5.76. The monoisotopic (exact) mass is 229 g/mol. The van der Waals surface area contributed by atoms with Gasteiger partial charge >= 0.3 is 0 Å². The highest BCUT2D eigenvalue weighted by Crippen LogP contribution is 2.20. The molecule has 0 fully saturated rings. The lowest BCUT2D eigenvalue weighted by Crippen LogP contribution is -2.08. The van der Waals surface area contributed by atoms with Crippen molar-refractivity contribution in [3.63, 3.8) is 0 Å². The average molecular weight is 229 g/mol. The first-order valence-corrected chi connectivity index (χ1v) is 5.76. The third-order valence-electron chi connectivity index (χ3n) is 2.47. The van der Waals surface area contributed by atoms with Crippen molar-refractivity contribution < 1.29 is 4.79 Å². The standard InChI is InChI=1S/C15H19NO/c1-4-5-8-12(2)11-14-9-6-7-10-15(14)16-13(3)17/h4,6-7,9-10H,1-2,5,8,11H2,3H3,(H,16,17). The predicted octanol–water partition coefficient (Wildman–Crippen LogP) is 3.71. The second-order valence-electron chi connectivity index (χ2n) is 4.09. The predicted molar refractivity (Wildman–Crippen MR) is 73.0 cm³/mol. The molecule has 0 unspecified atom stereocenters. The van der Waals surface area contributed by atoms with E-state index < -0.39 is 0 Å². The van der Waals surface area contributed by atoms with Gasteiger partial charge in [-0.05, 0) is 30.9 Å². The van der Waals surface area contributed by atoms with Crippen molar-refractivity contribution in [3.8, 4) is 0 Å². The Hall–Kier alpha value is -1.83. The summed E-state index contributed by atoms with van der Waals surface area (Å²) in [7, 11) is 0. The summed E-state index contributed by atoms with van der Waals surface area (Å²) in [5.41, 5.74) is 3.14. The summed E-state index contributed by atoms with van der Waals surface area (Å²) in [5.74, 6) is -0.0471. The molecule has 0 aliphatic carbocycles. The van der Waals surface area contributed by atoms with Crippen molar-refractivity contribution in [2.75, 3.05) is 5.32 Å². The maximum absolute atomic E-state index is 11.1. The second kappa shape index (κ2) is 6.69. The van der Waals surface area contributed by atoms with Crippen molar-refractivity contribution in [3.05, 3.63) is 54.6 Å². The Labute approximate surface area is 103 Å². The van der Waals surface area contributed by atoms with Crippen molar-refractivity contribution in [2.24, 2.45) is 0 Å². The second-order valence-corrected chi connectivity index (χ2v) is 4.09. The van der Waals surface area contributed by atoms with Gasteiger partial charge in [-0.1, -0.05) is 36.4 Å². The number of anilines is 1. The van der Waals surface area contributed by atoms with Crippen molar-refractivity contribution in [1.29, 1.82) is 0 Å². The van der Waals surface area contributed by atoms with Gasteiger partial charge in [0.15, 0.2) is 0 Å². The summed E-state index contributed by atoms with van der Waals surface area (Å²) in [6, 6.07) is 7.82. The van der Waals surface area contributed by atoms with Crippen molar-refractivity contribution in [1.82, 2.24) is 0 Å².